The van der Waals surface area contributed by atoms with Crippen LogP contribution in [0.25, 0.3) is 16.8 Å². The van der Waals surface area contributed by atoms with Gasteiger partial charge in [0.25, 0.3) is 5.91 Å². The number of aryl methyl sites for hydroxylation is 1. The van der Waals surface area contributed by atoms with Crippen molar-refractivity contribution in [3.63, 3.8) is 0 Å². The Bertz CT molecular complexity index is 1540. The molecule has 0 unspecified atom stereocenters. The molecule has 3 aromatic heterocycles. The Morgan fingerprint density at radius 3 is 2.74 bits per heavy atom. The second-order valence-electron chi connectivity index (χ2n) is 10.5. The lowest BCUT2D eigenvalue weighted by Gasteiger charge is -2.29. The zero-order chi connectivity index (χ0) is 25.8. The molecule has 0 spiro atoms. The summed E-state index contributed by atoms with van der Waals surface area (Å²) in [6.07, 6.45) is 9.75. The van der Waals surface area contributed by atoms with E-state index in [1.165, 1.54) is 18.9 Å². The van der Waals surface area contributed by atoms with Crippen molar-refractivity contribution >= 4 is 28.7 Å². The van der Waals surface area contributed by atoms with Gasteiger partial charge in [-0.25, -0.2) is 14.4 Å². The number of nitrogens with one attached hydrogen (secondary N) is 1. The van der Waals surface area contributed by atoms with Gasteiger partial charge in [0.1, 0.15) is 11.6 Å². The molecule has 4 fully saturated rings. The van der Waals surface area contributed by atoms with Crippen molar-refractivity contribution < 1.29 is 13.9 Å². The third-order valence-electron chi connectivity index (χ3n) is 8.10. The number of pyridine rings is 2. The number of ether oxygens (including phenoxy) is 1. The molecule has 8 nitrogen and oxygen atoms in total. The van der Waals surface area contributed by atoms with E-state index in [0.29, 0.717) is 24.8 Å². The van der Waals surface area contributed by atoms with E-state index in [4.69, 9.17) is 4.74 Å². The number of benzene rings is 1. The molecule has 194 valence electrons. The number of halogens is 1. The lowest BCUT2D eigenvalue weighted by molar-refractivity contribution is 0.102. The fraction of sp³-hybridized carbons (Fsp3) is 0.345. The van der Waals surface area contributed by atoms with Crippen LogP contribution in [0.4, 0.5) is 21.6 Å². The quantitative estimate of drug-likeness (QED) is 0.424. The molecule has 1 amide bonds. The Morgan fingerprint density at radius 2 is 1.95 bits per heavy atom. The van der Waals surface area contributed by atoms with Crippen LogP contribution in [0.3, 0.4) is 0 Å². The summed E-state index contributed by atoms with van der Waals surface area (Å²) >= 11 is 0. The van der Waals surface area contributed by atoms with Crippen LogP contribution in [0.15, 0.2) is 55.1 Å². The topological polar surface area (TPSA) is 75.0 Å². The van der Waals surface area contributed by atoms with Crippen LogP contribution in [0.1, 0.15) is 28.8 Å². The molecule has 1 aromatic carbocycles. The van der Waals surface area contributed by atoms with Gasteiger partial charge in [-0.15, -0.1) is 0 Å². The summed E-state index contributed by atoms with van der Waals surface area (Å²) in [5, 5.41) is 2.81. The molecule has 3 aliphatic heterocycles. The number of nitrogens with zero attached hydrogens (tertiary/aromatic N) is 5. The summed E-state index contributed by atoms with van der Waals surface area (Å²) in [4.78, 5) is 26.8. The molecule has 1 aliphatic carbocycles. The minimum absolute atomic E-state index is 0.149. The highest BCUT2D eigenvalue weighted by atomic mass is 19.1. The number of anilines is 3. The van der Waals surface area contributed by atoms with Crippen molar-refractivity contribution in [3.05, 3.63) is 72.1 Å². The van der Waals surface area contributed by atoms with Crippen molar-refractivity contribution in [3.8, 4) is 11.1 Å². The first kappa shape index (κ1) is 23.2. The molecular weight excluding hydrogens is 483 g/mol. The van der Waals surface area contributed by atoms with Crippen molar-refractivity contribution in [2.24, 2.45) is 5.92 Å². The van der Waals surface area contributed by atoms with Crippen LogP contribution >= 0.6 is 0 Å². The van der Waals surface area contributed by atoms with Gasteiger partial charge >= 0.3 is 0 Å². The van der Waals surface area contributed by atoms with Gasteiger partial charge in [0, 0.05) is 61.6 Å². The lowest BCUT2D eigenvalue weighted by atomic mass is 9.86. The van der Waals surface area contributed by atoms with E-state index in [9.17, 15) is 4.79 Å². The Labute approximate surface area is 220 Å². The molecule has 3 saturated heterocycles. The summed E-state index contributed by atoms with van der Waals surface area (Å²) in [6.45, 7) is 5.77. The van der Waals surface area contributed by atoms with Crippen LogP contribution in [-0.4, -0.2) is 59.2 Å². The van der Waals surface area contributed by atoms with Gasteiger partial charge in [0.2, 0.25) is 0 Å². The maximum Gasteiger partial charge on any atom is 0.255 e. The van der Waals surface area contributed by atoms with E-state index in [-0.39, 0.29) is 11.6 Å². The summed E-state index contributed by atoms with van der Waals surface area (Å²) in [5.41, 5.74) is 5.05. The zero-order valence-electron chi connectivity index (χ0n) is 21.2. The van der Waals surface area contributed by atoms with Gasteiger partial charge in [-0.1, -0.05) is 0 Å². The number of carbonyl (C=O) groups excluding carboxylic acids is 1. The summed E-state index contributed by atoms with van der Waals surface area (Å²) < 4.78 is 22.6. The van der Waals surface area contributed by atoms with Gasteiger partial charge in [-0.3, -0.25) is 4.79 Å². The number of amides is 1. The van der Waals surface area contributed by atoms with Gasteiger partial charge in [-0.05, 0) is 67.1 Å². The van der Waals surface area contributed by atoms with Crippen molar-refractivity contribution in [1.29, 1.82) is 0 Å². The molecular formula is C29H29FN6O2. The third kappa shape index (κ3) is 3.98. The predicted molar refractivity (Wildman–Crippen MR) is 144 cm³/mol. The van der Waals surface area contributed by atoms with Crippen molar-refractivity contribution in [2.75, 3.05) is 48.0 Å². The van der Waals surface area contributed by atoms with E-state index >= 15 is 4.39 Å². The highest BCUT2D eigenvalue weighted by molar-refractivity contribution is 6.05. The first-order valence-corrected chi connectivity index (χ1v) is 13.2. The average Bonchev–Trinajstić information content (AvgIpc) is 3.66. The fourth-order valence-corrected chi connectivity index (χ4v) is 6.00. The SMILES string of the molecule is Cc1cc(F)c(NC(=O)c2ccnc(N3CC4CC3C4)c2)cc1-c1cc(N2CCOCC2)c2nccn2c1. The van der Waals surface area contributed by atoms with Gasteiger partial charge in [0.05, 0.1) is 24.6 Å². The molecule has 9 heteroatoms. The van der Waals surface area contributed by atoms with Crippen LogP contribution in [0.2, 0.25) is 0 Å². The van der Waals surface area contributed by atoms with E-state index in [2.05, 4.69) is 31.2 Å². The molecule has 1 N–H and O–H groups in total. The number of hydrogen-bond donors (Lipinski definition) is 1. The first-order valence-electron chi connectivity index (χ1n) is 13.2. The molecule has 1 saturated carbocycles. The smallest absolute Gasteiger partial charge is 0.255 e. The zero-order valence-corrected chi connectivity index (χ0v) is 21.2. The minimum Gasteiger partial charge on any atom is -0.378 e. The summed E-state index contributed by atoms with van der Waals surface area (Å²) in [6, 6.07) is 9.31. The number of fused-ring (bicyclic) bond motifs is 2. The van der Waals surface area contributed by atoms with Gasteiger partial charge in [0.15, 0.2) is 5.65 Å². The van der Waals surface area contributed by atoms with E-state index in [0.717, 1.165) is 59.4 Å². The number of hydrogen-bond acceptors (Lipinski definition) is 6. The normalized spacial score (nSPS) is 20.6. The molecule has 0 radical (unpaired) electrons. The number of morpholine rings is 1. The average molecular weight is 513 g/mol. The van der Waals surface area contributed by atoms with Crippen molar-refractivity contribution in [1.82, 2.24) is 14.4 Å². The Morgan fingerprint density at radius 1 is 1.11 bits per heavy atom. The highest BCUT2D eigenvalue weighted by Crippen LogP contribution is 2.42. The van der Waals surface area contributed by atoms with Gasteiger partial charge < -0.3 is 24.3 Å². The number of carbonyl (C=O) groups is 1. The number of rotatable bonds is 5. The van der Waals surface area contributed by atoms with Crippen LogP contribution < -0.4 is 15.1 Å². The Hall–Kier alpha value is -3.98. The summed E-state index contributed by atoms with van der Waals surface area (Å²) in [5.74, 6) is 0.737. The molecule has 4 aliphatic rings. The fourth-order valence-electron chi connectivity index (χ4n) is 6.00. The maximum atomic E-state index is 15.1. The standard InChI is InChI=1S/C29H29FN6O2/c1-18-10-24(30)25(33-29(37)20-2-3-31-27(14-20)36-16-19-11-22(36)12-19)15-23(18)21-13-26(34-6-8-38-9-7-34)28-32-4-5-35(28)17-21/h2-5,10,13-15,17,19,22H,6-9,11-12,16H2,1H3,(H,33,37). The van der Waals surface area contributed by atoms with E-state index in [1.54, 1.807) is 24.5 Å². The maximum absolute atomic E-state index is 15.1. The van der Waals surface area contributed by atoms with Crippen LogP contribution in [-0.2, 0) is 4.74 Å². The third-order valence-corrected chi connectivity index (χ3v) is 8.10. The Kier molecular flexibility index (Phi) is 5.54. The van der Waals surface area contributed by atoms with Crippen LogP contribution in [0, 0.1) is 18.7 Å². The molecule has 6 heterocycles. The number of aromatic nitrogens is 3. The number of imidazole rings is 1. The predicted octanol–water partition coefficient (Wildman–Crippen LogP) is 4.53. The molecule has 4 aromatic rings. The minimum atomic E-state index is -0.466. The van der Waals surface area contributed by atoms with E-state index < -0.39 is 5.82 Å². The van der Waals surface area contributed by atoms with Crippen LogP contribution in [0.5, 0.6) is 0 Å². The molecule has 0 atom stereocenters. The first-order chi connectivity index (χ1) is 18.5. The largest absolute Gasteiger partial charge is 0.378 e. The highest BCUT2D eigenvalue weighted by Gasteiger charge is 2.43. The molecule has 38 heavy (non-hydrogen) atoms. The second-order valence-corrected chi connectivity index (χ2v) is 10.5. The van der Waals surface area contributed by atoms with Gasteiger partial charge in [-0.2, -0.15) is 0 Å². The molecule has 2 bridgehead atoms. The van der Waals surface area contributed by atoms with E-state index in [1.807, 2.05) is 29.8 Å². The monoisotopic (exact) mass is 512 g/mol. The van der Waals surface area contributed by atoms with Crippen molar-refractivity contribution in [2.45, 2.75) is 25.8 Å². The molecule has 8 rings (SSSR count). The summed E-state index contributed by atoms with van der Waals surface area (Å²) in [7, 11) is 0. The lowest BCUT2D eigenvalue weighted by Crippen LogP contribution is -2.36. The Balaban J connectivity index is 1.20. The second kappa shape index (κ2) is 9.09.